The molecule has 2 saturated heterocycles. The summed E-state index contributed by atoms with van der Waals surface area (Å²) in [7, 11) is -3.85. The minimum Gasteiger partial charge on any atom is -0.340 e. The highest BCUT2D eigenvalue weighted by Crippen LogP contribution is 2.28. The van der Waals surface area contributed by atoms with Crippen LogP contribution >= 0.6 is 12.4 Å². The average molecular weight is 403 g/mol. The van der Waals surface area contributed by atoms with Gasteiger partial charge in [-0.3, -0.25) is 9.59 Å². The third kappa shape index (κ3) is 4.35. The molecule has 2 atom stereocenters. The van der Waals surface area contributed by atoms with Crippen LogP contribution in [0.5, 0.6) is 0 Å². The maximum Gasteiger partial charge on any atom is 0.238 e. The van der Waals surface area contributed by atoms with E-state index in [2.05, 4.69) is 5.32 Å². The Labute approximate surface area is 159 Å². The van der Waals surface area contributed by atoms with Crippen LogP contribution in [0.4, 0.5) is 5.69 Å². The molecule has 0 spiro atoms. The zero-order chi connectivity index (χ0) is 18.2. The van der Waals surface area contributed by atoms with Gasteiger partial charge in [0.2, 0.25) is 21.8 Å². The Bertz CT molecular complexity index is 801. The van der Waals surface area contributed by atoms with Crippen LogP contribution in [0.25, 0.3) is 0 Å². The summed E-state index contributed by atoms with van der Waals surface area (Å²) >= 11 is 0. The molecule has 2 heterocycles. The third-order valence-corrected chi connectivity index (χ3v) is 5.52. The van der Waals surface area contributed by atoms with Crippen LogP contribution in [0.1, 0.15) is 13.3 Å². The maximum atomic E-state index is 12.7. The van der Waals surface area contributed by atoms with Gasteiger partial charge in [0, 0.05) is 44.3 Å². The van der Waals surface area contributed by atoms with Crippen LogP contribution in [0.15, 0.2) is 29.2 Å². The molecule has 0 aliphatic carbocycles. The first kappa shape index (κ1) is 20.6. The summed E-state index contributed by atoms with van der Waals surface area (Å²) in [5.41, 5.74) is 0.445. The number of rotatable bonds is 3. The SMILES string of the molecule is CC1CN(C(=O)C2CC(=O)N(c3cccc(S(N)(=O)=O)c3)C2)CCN1.Cl. The van der Waals surface area contributed by atoms with Crippen molar-refractivity contribution < 1.29 is 18.0 Å². The number of anilines is 1. The van der Waals surface area contributed by atoms with Gasteiger partial charge in [-0.05, 0) is 25.1 Å². The van der Waals surface area contributed by atoms with Crippen molar-refractivity contribution in [3.8, 4) is 0 Å². The van der Waals surface area contributed by atoms with Gasteiger partial charge in [0.25, 0.3) is 0 Å². The van der Waals surface area contributed by atoms with E-state index in [1.165, 1.54) is 23.1 Å². The van der Waals surface area contributed by atoms with E-state index >= 15 is 0 Å². The zero-order valence-corrected chi connectivity index (χ0v) is 16.1. The van der Waals surface area contributed by atoms with E-state index < -0.39 is 15.9 Å². The van der Waals surface area contributed by atoms with Crippen LogP contribution in [0.3, 0.4) is 0 Å². The van der Waals surface area contributed by atoms with Crippen molar-refractivity contribution in [1.29, 1.82) is 0 Å². The number of hydrogen-bond donors (Lipinski definition) is 2. The fourth-order valence-electron chi connectivity index (χ4n) is 3.34. The number of carbonyl (C=O) groups excluding carboxylic acids is 2. The van der Waals surface area contributed by atoms with Gasteiger partial charge in [0.05, 0.1) is 10.8 Å². The smallest absolute Gasteiger partial charge is 0.238 e. The van der Waals surface area contributed by atoms with Crippen molar-refractivity contribution in [1.82, 2.24) is 10.2 Å². The van der Waals surface area contributed by atoms with Gasteiger partial charge in [0.1, 0.15) is 0 Å². The zero-order valence-electron chi connectivity index (χ0n) is 14.4. The third-order valence-electron chi connectivity index (χ3n) is 4.61. The number of piperazine rings is 1. The molecule has 144 valence electrons. The lowest BCUT2D eigenvalue weighted by Gasteiger charge is -2.33. The second-order valence-corrected chi connectivity index (χ2v) is 8.15. The molecule has 10 heteroatoms. The fourth-order valence-corrected chi connectivity index (χ4v) is 3.89. The van der Waals surface area contributed by atoms with E-state index in [0.717, 1.165) is 6.54 Å². The summed E-state index contributed by atoms with van der Waals surface area (Å²) in [5, 5.41) is 8.43. The Kier molecular flexibility index (Phi) is 6.28. The van der Waals surface area contributed by atoms with E-state index in [0.29, 0.717) is 18.8 Å². The second-order valence-electron chi connectivity index (χ2n) is 6.59. The molecular formula is C16H23ClN4O4S. The Morgan fingerprint density at radius 2 is 2.04 bits per heavy atom. The largest absolute Gasteiger partial charge is 0.340 e. The minimum atomic E-state index is -3.85. The number of nitrogens with zero attached hydrogens (tertiary/aromatic N) is 2. The highest BCUT2D eigenvalue weighted by Gasteiger charge is 2.38. The Hall–Kier alpha value is -1.68. The molecular weight excluding hydrogens is 380 g/mol. The van der Waals surface area contributed by atoms with Crippen LogP contribution in [0.2, 0.25) is 0 Å². The van der Waals surface area contributed by atoms with Crippen LogP contribution < -0.4 is 15.4 Å². The quantitative estimate of drug-likeness (QED) is 0.734. The number of nitrogens with one attached hydrogen (secondary N) is 1. The molecule has 2 aliphatic rings. The number of primary sulfonamides is 1. The first-order valence-corrected chi connectivity index (χ1v) is 9.76. The van der Waals surface area contributed by atoms with Crippen molar-refractivity contribution in [2.24, 2.45) is 11.1 Å². The lowest BCUT2D eigenvalue weighted by atomic mass is 10.1. The molecule has 1 aromatic rings. The van der Waals surface area contributed by atoms with Gasteiger partial charge >= 0.3 is 0 Å². The molecule has 3 N–H and O–H groups in total. The average Bonchev–Trinajstić information content (AvgIpc) is 2.95. The number of amides is 2. The van der Waals surface area contributed by atoms with Gasteiger partial charge in [-0.1, -0.05) is 6.07 Å². The normalized spacial score (nSPS) is 23.7. The molecule has 2 amide bonds. The lowest BCUT2D eigenvalue weighted by molar-refractivity contribution is -0.136. The summed E-state index contributed by atoms with van der Waals surface area (Å²) in [6, 6.07) is 6.16. The van der Waals surface area contributed by atoms with Crippen LogP contribution in [0, 0.1) is 5.92 Å². The molecule has 0 bridgehead atoms. The van der Waals surface area contributed by atoms with Crippen molar-refractivity contribution >= 4 is 39.9 Å². The van der Waals surface area contributed by atoms with Crippen molar-refractivity contribution in [2.45, 2.75) is 24.3 Å². The first-order chi connectivity index (χ1) is 11.8. The molecule has 2 unspecified atom stereocenters. The monoisotopic (exact) mass is 402 g/mol. The van der Waals surface area contributed by atoms with E-state index in [9.17, 15) is 18.0 Å². The highest BCUT2D eigenvalue weighted by molar-refractivity contribution is 7.89. The van der Waals surface area contributed by atoms with Gasteiger partial charge in [-0.15, -0.1) is 12.4 Å². The number of hydrogen-bond acceptors (Lipinski definition) is 5. The minimum absolute atomic E-state index is 0. The highest BCUT2D eigenvalue weighted by atomic mass is 35.5. The summed E-state index contributed by atoms with van der Waals surface area (Å²) in [4.78, 5) is 28.3. The van der Waals surface area contributed by atoms with Gasteiger partial charge in [-0.2, -0.15) is 0 Å². The Balaban J connectivity index is 0.00000243. The molecule has 2 fully saturated rings. The number of sulfonamides is 1. The van der Waals surface area contributed by atoms with Gasteiger partial charge in [-0.25, -0.2) is 13.6 Å². The molecule has 26 heavy (non-hydrogen) atoms. The van der Waals surface area contributed by atoms with Gasteiger partial charge < -0.3 is 15.1 Å². The molecule has 0 radical (unpaired) electrons. The summed E-state index contributed by atoms with van der Waals surface area (Å²) in [5.74, 6) is -0.615. The molecule has 2 aliphatic heterocycles. The van der Waals surface area contributed by atoms with Crippen molar-refractivity contribution in [3.05, 3.63) is 24.3 Å². The fraction of sp³-hybridized carbons (Fsp3) is 0.500. The second kappa shape index (κ2) is 7.91. The van der Waals surface area contributed by atoms with Crippen LogP contribution in [-0.2, 0) is 19.6 Å². The van der Waals surface area contributed by atoms with E-state index in [1.54, 1.807) is 11.0 Å². The predicted molar refractivity (Wildman–Crippen MR) is 99.6 cm³/mol. The number of carbonyl (C=O) groups is 2. The Morgan fingerprint density at radius 3 is 2.69 bits per heavy atom. The van der Waals surface area contributed by atoms with Crippen LogP contribution in [-0.4, -0.2) is 57.4 Å². The number of halogens is 1. The Morgan fingerprint density at radius 1 is 1.31 bits per heavy atom. The summed E-state index contributed by atoms with van der Waals surface area (Å²) in [6.07, 6.45) is 0.136. The maximum absolute atomic E-state index is 12.7. The van der Waals surface area contributed by atoms with Gasteiger partial charge in [0.15, 0.2) is 0 Å². The summed E-state index contributed by atoms with van der Waals surface area (Å²) in [6.45, 7) is 4.28. The van der Waals surface area contributed by atoms with E-state index in [1.807, 2.05) is 6.92 Å². The molecule has 3 rings (SSSR count). The number of benzene rings is 1. The van der Waals surface area contributed by atoms with Crippen molar-refractivity contribution in [2.75, 3.05) is 31.1 Å². The number of nitrogens with two attached hydrogens (primary N) is 1. The predicted octanol–water partition coefficient (Wildman–Crippen LogP) is -0.0710. The standard InChI is InChI=1S/C16H22N4O4S.ClH/c1-11-9-19(6-5-18-11)16(22)12-7-15(21)20(10-12)13-3-2-4-14(8-13)25(17,23)24;/h2-4,8,11-12,18H,5-7,9-10H2,1H3,(H2,17,23,24);1H. The van der Waals surface area contributed by atoms with E-state index in [4.69, 9.17) is 5.14 Å². The lowest BCUT2D eigenvalue weighted by Crippen LogP contribution is -2.53. The molecule has 0 aromatic heterocycles. The van der Waals surface area contributed by atoms with E-state index in [-0.39, 0.29) is 48.1 Å². The van der Waals surface area contributed by atoms with Crippen molar-refractivity contribution in [3.63, 3.8) is 0 Å². The first-order valence-electron chi connectivity index (χ1n) is 8.21. The molecule has 8 nitrogen and oxygen atoms in total. The molecule has 0 saturated carbocycles. The summed E-state index contributed by atoms with van der Waals surface area (Å²) < 4.78 is 23.0. The topological polar surface area (TPSA) is 113 Å². The molecule has 1 aromatic carbocycles.